The van der Waals surface area contributed by atoms with E-state index in [1.165, 1.54) is 54.2 Å². The molecule has 1 aliphatic heterocycles. The van der Waals surface area contributed by atoms with Crippen LogP contribution in [0.1, 0.15) is 88.9 Å². The number of rotatable bonds is 6. The van der Waals surface area contributed by atoms with Gasteiger partial charge in [0.2, 0.25) is 17.6 Å². The molecule has 0 aromatic carbocycles. The van der Waals surface area contributed by atoms with Crippen LogP contribution in [-0.4, -0.2) is 47.9 Å². The van der Waals surface area contributed by atoms with Gasteiger partial charge in [-0.1, -0.05) is 43.7 Å². The number of hydrogen-bond donors (Lipinski definition) is 1. The molecule has 1 amide bonds. The summed E-state index contributed by atoms with van der Waals surface area (Å²) in [6.45, 7) is 0.735. The van der Waals surface area contributed by atoms with E-state index < -0.39 is 10.0 Å². The van der Waals surface area contributed by atoms with E-state index >= 15 is 0 Å². The lowest BCUT2D eigenvalue weighted by Crippen LogP contribution is -2.45. The summed E-state index contributed by atoms with van der Waals surface area (Å²) in [5.74, 6) is 1.43. The minimum atomic E-state index is -3.60. The van der Waals surface area contributed by atoms with Gasteiger partial charge in [-0.15, -0.1) is 11.3 Å². The van der Waals surface area contributed by atoms with Crippen LogP contribution in [0.15, 0.2) is 20.2 Å². The monoisotopic (exact) mass is 506 g/mol. The van der Waals surface area contributed by atoms with Gasteiger partial charge in [0, 0.05) is 41.9 Å². The molecule has 3 heterocycles. The summed E-state index contributed by atoms with van der Waals surface area (Å²) in [5.41, 5.74) is 0.673. The van der Waals surface area contributed by atoms with Gasteiger partial charge in [0.15, 0.2) is 0 Å². The lowest BCUT2D eigenvalue weighted by molar-refractivity contribution is -0.127. The molecule has 0 unspecified atom stereocenters. The Balaban J connectivity index is 1.17. The molecule has 0 bridgehead atoms. The summed E-state index contributed by atoms with van der Waals surface area (Å²) in [5, 5.41) is 9.08. The Labute approximate surface area is 205 Å². The highest BCUT2D eigenvalue weighted by molar-refractivity contribution is 7.91. The van der Waals surface area contributed by atoms with E-state index in [1.807, 2.05) is 0 Å². The maximum Gasteiger partial charge on any atom is 0.252 e. The van der Waals surface area contributed by atoms with Crippen LogP contribution >= 0.6 is 11.3 Å². The highest BCUT2D eigenvalue weighted by Gasteiger charge is 2.34. The van der Waals surface area contributed by atoms with E-state index in [2.05, 4.69) is 15.5 Å². The van der Waals surface area contributed by atoms with E-state index in [-0.39, 0.29) is 22.1 Å². The van der Waals surface area contributed by atoms with Crippen LogP contribution < -0.4 is 5.32 Å². The molecule has 1 saturated heterocycles. The molecule has 2 aromatic heterocycles. The largest absolute Gasteiger partial charge is 0.353 e. The molecule has 1 N–H and O–H groups in total. The zero-order valence-corrected chi connectivity index (χ0v) is 21.2. The summed E-state index contributed by atoms with van der Waals surface area (Å²) in [6.07, 6.45) is 12.7. The average molecular weight is 507 g/mol. The number of thiophene rings is 1. The molecule has 0 atom stereocenters. The smallest absolute Gasteiger partial charge is 0.252 e. The van der Waals surface area contributed by atoms with Gasteiger partial charge < -0.3 is 9.84 Å². The fourth-order valence-electron chi connectivity index (χ4n) is 5.15. The van der Waals surface area contributed by atoms with Crippen molar-refractivity contribution in [2.45, 2.75) is 93.2 Å². The molecule has 5 rings (SSSR count). The van der Waals surface area contributed by atoms with Gasteiger partial charge in [-0.3, -0.25) is 4.79 Å². The molecular formula is C24H34N4O4S2. The van der Waals surface area contributed by atoms with Crippen molar-refractivity contribution in [1.29, 1.82) is 0 Å². The number of hydrogen-bond acceptors (Lipinski definition) is 7. The van der Waals surface area contributed by atoms with Crippen molar-refractivity contribution in [3.63, 3.8) is 0 Å². The first-order valence-electron chi connectivity index (χ1n) is 12.7. The zero-order chi connectivity index (χ0) is 23.5. The molecule has 2 aromatic rings. The van der Waals surface area contributed by atoms with Crippen molar-refractivity contribution in [2.75, 3.05) is 13.1 Å². The number of nitrogens with zero attached hydrogens (tertiary/aromatic N) is 3. The van der Waals surface area contributed by atoms with Crippen molar-refractivity contribution >= 4 is 27.3 Å². The third kappa shape index (κ3) is 5.23. The maximum atomic E-state index is 13.2. The Bertz CT molecular complexity index is 1080. The van der Waals surface area contributed by atoms with E-state index in [9.17, 15) is 13.2 Å². The normalized spacial score (nSPS) is 22.1. The number of aromatic nitrogens is 2. The Morgan fingerprint density at radius 2 is 1.71 bits per heavy atom. The highest BCUT2D eigenvalue weighted by Crippen LogP contribution is 2.37. The minimum Gasteiger partial charge on any atom is -0.353 e. The van der Waals surface area contributed by atoms with Crippen LogP contribution in [-0.2, 0) is 14.8 Å². The third-order valence-corrected chi connectivity index (χ3v) is 10.9. The first-order valence-corrected chi connectivity index (χ1v) is 15.1. The van der Waals surface area contributed by atoms with Crippen molar-refractivity contribution < 1.29 is 17.7 Å². The van der Waals surface area contributed by atoms with E-state index in [0.717, 1.165) is 25.7 Å². The second kappa shape index (κ2) is 10.5. The number of carbonyl (C=O) groups is 1. The first-order chi connectivity index (χ1) is 16.5. The first kappa shape index (κ1) is 23.9. The number of amides is 1. The fourth-order valence-corrected chi connectivity index (χ4v) is 7.93. The van der Waals surface area contributed by atoms with Gasteiger partial charge >= 0.3 is 0 Å². The van der Waals surface area contributed by atoms with Crippen LogP contribution in [0.4, 0.5) is 0 Å². The quantitative estimate of drug-likeness (QED) is 0.609. The lowest BCUT2D eigenvalue weighted by atomic mass is 9.85. The average Bonchev–Trinajstić information content (AvgIpc) is 3.45. The Kier molecular flexibility index (Phi) is 7.36. The van der Waals surface area contributed by atoms with Crippen molar-refractivity contribution in [3.8, 4) is 11.4 Å². The minimum absolute atomic E-state index is 0.0976. The second-order valence-corrected chi connectivity index (χ2v) is 13.0. The molecular weight excluding hydrogens is 472 g/mol. The molecule has 2 saturated carbocycles. The van der Waals surface area contributed by atoms with Crippen molar-refractivity contribution in [2.24, 2.45) is 5.92 Å². The van der Waals surface area contributed by atoms with Gasteiger partial charge in [0.05, 0.1) is 0 Å². The van der Waals surface area contributed by atoms with Gasteiger partial charge in [-0.05, 0) is 44.6 Å². The summed E-state index contributed by atoms with van der Waals surface area (Å²) >= 11 is 1.19. The van der Waals surface area contributed by atoms with Crippen molar-refractivity contribution in [3.05, 3.63) is 17.3 Å². The molecule has 186 valence electrons. The van der Waals surface area contributed by atoms with Gasteiger partial charge in [-0.2, -0.15) is 9.29 Å². The molecule has 3 aliphatic rings. The van der Waals surface area contributed by atoms with Crippen molar-refractivity contribution in [1.82, 2.24) is 19.8 Å². The SMILES string of the molecule is O=C(NC1CCCCCCC1)C1CCN(S(=O)(=O)c2cc(-c3noc(C4CCC4)n3)cs2)CC1. The maximum absolute atomic E-state index is 13.2. The Hall–Kier alpha value is -1.78. The van der Waals surface area contributed by atoms with E-state index in [0.29, 0.717) is 49.1 Å². The zero-order valence-electron chi connectivity index (χ0n) is 19.6. The van der Waals surface area contributed by atoms with Gasteiger partial charge in [-0.25, -0.2) is 8.42 Å². The molecule has 0 radical (unpaired) electrons. The van der Waals surface area contributed by atoms with E-state index in [4.69, 9.17) is 4.52 Å². The second-order valence-electron chi connectivity index (χ2n) is 9.97. The van der Waals surface area contributed by atoms with Crippen LogP contribution in [0.2, 0.25) is 0 Å². The predicted molar refractivity (Wildman–Crippen MR) is 130 cm³/mol. The summed E-state index contributed by atoms with van der Waals surface area (Å²) < 4.78 is 33.7. The summed E-state index contributed by atoms with van der Waals surface area (Å²) in [7, 11) is -3.60. The molecule has 10 heteroatoms. The molecule has 2 aliphatic carbocycles. The number of carbonyl (C=O) groups excluding carboxylic acids is 1. The summed E-state index contributed by atoms with van der Waals surface area (Å²) in [6, 6.07) is 1.91. The van der Waals surface area contributed by atoms with Crippen LogP contribution in [0.25, 0.3) is 11.4 Å². The molecule has 34 heavy (non-hydrogen) atoms. The van der Waals surface area contributed by atoms with Gasteiger partial charge in [0.25, 0.3) is 10.0 Å². The van der Waals surface area contributed by atoms with Gasteiger partial charge in [0.1, 0.15) is 4.21 Å². The fraction of sp³-hybridized carbons (Fsp3) is 0.708. The molecule has 8 nitrogen and oxygen atoms in total. The van der Waals surface area contributed by atoms with Crippen LogP contribution in [0.5, 0.6) is 0 Å². The van der Waals surface area contributed by atoms with E-state index in [1.54, 1.807) is 11.4 Å². The lowest BCUT2D eigenvalue weighted by Gasteiger charge is -2.31. The summed E-state index contributed by atoms with van der Waals surface area (Å²) in [4.78, 5) is 17.3. The predicted octanol–water partition coefficient (Wildman–Crippen LogP) is 4.70. The highest BCUT2D eigenvalue weighted by atomic mass is 32.2. The van der Waals surface area contributed by atoms with Crippen LogP contribution in [0, 0.1) is 5.92 Å². The topological polar surface area (TPSA) is 105 Å². The number of nitrogens with one attached hydrogen (secondary N) is 1. The Morgan fingerprint density at radius 3 is 2.38 bits per heavy atom. The molecule has 0 spiro atoms. The number of sulfonamides is 1. The third-order valence-electron chi connectivity index (χ3n) is 7.60. The standard InChI is InChI=1S/C24H34N4O4S2/c29-23(25-20-9-4-2-1-3-5-10-20)17-11-13-28(14-12-17)34(30,31)21-15-19(16-33-21)22-26-24(32-27-22)18-7-6-8-18/h15-18,20H,1-14H2,(H,25,29). The molecule has 3 fully saturated rings. The number of piperidine rings is 1. The van der Waals surface area contributed by atoms with Crippen LogP contribution in [0.3, 0.4) is 0 Å². The Morgan fingerprint density at radius 1 is 1.00 bits per heavy atom.